The number of nitrogens with zero attached hydrogens (tertiary/aromatic N) is 2. The van der Waals surface area contributed by atoms with E-state index in [4.69, 9.17) is 4.74 Å². The summed E-state index contributed by atoms with van der Waals surface area (Å²) in [4.78, 5) is 24.8. The number of hydrogen-bond acceptors (Lipinski definition) is 9. The molecule has 0 saturated carbocycles. The van der Waals surface area contributed by atoms with Crippen molar-refractivity contribution in [3.05, 3.63) is 64.2 Å². The highest BCUT2D eigenvalue weighted by molar-refractivity contribution is 7.89. The average molecular weight is 439 g/mol. The van der Waals surface area contributed by atoms with Crippen molar-refractivity contribution in [2.45, 2.75) is 17.5 Å². The van der Waals surface area contributed by atoms with E-state index in [2.05, 4.69) is 9.57 Å². The molecule has 11 nitrogen and oxygen atoms in total. The van der Waals surface area contributed by atoms with Gasteiger partial charge in [0.05, 0.1) is 30.6 Å². The molecule has 30 heavy (non-hydrogen) atoms. The second-order valence-corrected chi connectivity index (χ2v) is 7.67. The molecule has 0 aliphatic rings. The van der Waals surface area contributed by atoms with Gasteiger partial charge in [0, 0.05) is 18.2 Å². The molecule has 2 aromatic rings. The number of hydrogen-bond donors (Lipinski definition) is 2. The van der Waals surface area contributed by atoms with Gasteiger partial charge in [0.25, 0.3) is 15.7 Å². The highest BCUT2D eigenvalue weighted by Crippen LogP contribution is 2.21. The summed E-state index contributed by atoms with van der Waals surface area (Å²) >= 11 is 0. The number of nitro groups is 1. The molecule has 0 radical (unpaired) electrons. The normalized spacial score (nSPS) is 12.4. The van der Waals surface area contributed by atoms with Gasteiger partial charge in [-0.15, -0.1) is 4.83 Å². The van der Waals surface area contributed by atoms with Crippen molar-refractivity contribution in [1.29, 1.82) is 0 Å². The van der Waals surface area contributed by atoms with Crippen LogP contribution in [0.25, 0.3) is 0 Å². The quantitative estimate of drug-likeness (QED) is 0.312. The van der Waals surface area contributed by atoms with E-state index in [9.17, 15) is 28.4 Å². The van der Waals surface area contributed by atoms with E-state index in [0.717, 1.165) is 12.1 Å². The van der Waals surface area contributed by atoms with Crippen molar-refractivity contribution in [3.8, 4) is 5.75 Å². The first-order valence-corrected chi connectivity index (χ1v) is 10.1. The van der Waals surface area contributed by atoms with Crippen molar-refractivity contribution in [2.24, 2.45) is 0 Å². The Morgan fingerprint density at radius 3 is 2.37 bits per heavy atom. The Balaban J connectivity index is 2.43. The fourth-order valence-corrected chi connectivity index (χ4v) is 3.71. The number of aliphatic hydroxyl groups excluding tert-OH is 1. The number of rotatable bonds is 10. The van der Waals surface area contributed by atoms with Crippen LogP contribution in [0.2, 0.25) is 0 Å². The molecular weight excluding hydrogens is 418 g/mol. The predicted octanol–water partition coefficient (Wildman–Crippen LogP) is 0.833. The molecule has 2 aromatic carbocycles. The fraction of sp³-hybridized carbons (Fsp3) is 0.278. The number of carbonyl (C=O) groups excluding carboxylic acids is 1. The molecule has 0 aliphatic carbocycles. The van der Waals surface area contributed by atoms with E-state index in [1.807, 2.05) is 0 Å². The first-order valence-electron chi connectivity index (χ1n) is 8.57. The summed E-state index contributed by atoms with van der Waals surface area (Å²) in [5.41, 5.74) is -0.144. The first kappa shape index (κ1) is 23.2. The Labute approximate surface area is 173 Å². The number of sulfonamides is 1. The van der Waals surface area contributed by atoms with Crippen LogP contribution in [-0.4, -0.2) is 56.3 Å². The Kier molecular flexibility index (Phi) is 7.83. The number of carbonyl (C=O) groups is 1. The van der Waals surface area contributed by atoms with E-state index in [1.54, 1.807) is 0 Å². The number of para-hydroxylation sites is 1. The summed E-state index contributed by atoms with van der Waals surface area (Å²) < 4.78 is 35.3. The predicted molar refractivity (Wildman–Crippen MR) is 105 cm³/mol. The van der Waals surface area contributed by atoms with Crippen molar-refractivity contribution >= 4 is 21.7 Å². The maximum Gasteiger partial charge on any atom is 0.326 e. The van der Waals surface area contributed by atoms with Crippen LogP contribution in [0.1, 0.15) is 5.56 Å². The van der Waals surface area contributed by atoms with Crippen LogP contribution < -0.4 is 9.57 Å². The molecule has 0 bridgehead atoms. The first-order chi connectivity index (χ1) is 14.2. The number of nitro benzene ring substituents is 1. The van der Waals surface area contributed by atoms with Crippen LogP contribution in [0.15, 0.2) is 53.4 Å². The molecule has 2 N–H and O–H groups in total. The summed E-state index contributed by atoms with van der Waals surface area (Å²) in [6.45, 7) is -1.18. The van der Waals surface area contributed by atoms with Crippen LogP contribution in [0.5, 0.6) is 5.75 Å². The topological polar surface area (TPSA) is 148 Å². The van der Waals surface area contributed by atoms with Crippen molar-refractivity contribution < 1.29 is 32.7 Å². The van der Waals surface area contributed by atoms with E-state index in [-0.39, 0.29) is 22.7 Å². The largest absolute Gasteiger partial charge is 0.497 e. The minimum Gasteiger partial charge on any atom is -0.497 e. The maximum absolute atomic E-state index is 12.8. The zero-order valence-corrected chi connectivity index (χ0v) is 17.0. The van der Waals surface area contributed by atoms with E-state index in [0.29, 0.717) is 5.75 Å². The molecule has 0 aliphatic heterocycles. The lowest BCUT2D eigenvalue weighted by molar-refractivity contribution is -0.385. The molecular formula is C18H21N3O8S. The number of nitrogens with one attached hydrogen (secondary N) is 1. The summed E-state index contributed by atoms with van der Waals surface area (Å²) in [6.07, 6.45) is 0. The van der Waals surface area contributed by atoms with Gasteiger partial charge in [-0.2, -0.15) is 0 Å². The van der Waals surface area contributed by atoms with Crippen LogP contribution >= 0.6 is 0 Å². The Morgan fingerprint density at radius 2 is 1.83 bits per heavy atom. The third-order valence-electron chi connectivity index (χ3n) is 4.16. The van der Waals surface area contributed by atoms with Gasteiger partial charge in [0.15, 0.2) is 0 Å². The second-order valence-electron chi connectivity index (χ2n) is 6.01. The van der Waals surface area contributed by atoms with Gasteiger partial charge in [-0.05, 0) is 24.3 Å². The van der Waals surface area contributed by atoms with Crippen LogP contribution in [0.4, 0.5) is 5.69 Å². The Morgan fingerprint density at radius 1 is 1.20 bits per heavy atom. The molecule has 0 fully saturated rings. The van der Waals surface area contributed by atoms with Crippen molar-refractivity contribution in [2.75, 3.05) is 20.8 Å². The highest BCUT2D eigenvalue weighted by Gasteiger charge is 2.32. The molecule has 162 valence electrons. The van der Waals surface area contributed by atoms with Crippen LogP contribution in [0.3, 0.4) is 0 Å². The minimum absolute atomic E-state index is 0.127. The van der Waals surface area contributed by atoms with E-state index < -0.39 is 33.6 Å². The molecule has 0 heterocycles. The van der Waals surface area contributed by atoms with E-state index >= 15 is 0 Å². The highest BCUT2D eigenvalue weighted by atomic mass is 32.2. The third-order valence-corrected chi connectivity index (χ3v) is 5.53. The van der Waals surface area contributed by atoms with Gasteiger partial charge in [-0.1, -0.05) is 18.2 Å². The van der Waals surface area contributed by atoms with Crippen molar-refractivity contribution in [1.82, 2.24) is 9.84 Å². The third kappa shape index (κ3) is 5.51. The second kappa shape index (κ2) is 10.1. The summed E-state index contributed by atoms with van der Waals surface area (Å²) in [7, 11) is -1.70. The van der Waals surface area contributed by atoms with E-state index in [1.165, 1.54) is 55.6 Å². The number of ether oxygens (including phenoxy) is 2. The zero-order chi connectivity index (χ0) is 22.3. The molecule has 1 unspecified atom stereocenters. The lowest BCUT2D eigenvalue weighted by Gasteiger charge is -2.28. The van der Waals surface area contributed by atoms with Crippen LogP contribution in [-0.2, 0) is 26.1 Å². The smallest absolute Gasteiger partial charge is 0.326 e. The van der Waals surface area contributed by atoms with Gasteiger partial charge in [-0.25, -0.2) is 13.4 Å². The minimum atomic E-state index is -4.20. The fourth-order valence-electron chi connectivity index (χ4n) is 2.61. The molecule has 12 heteroatoms. The molecule has 2 rings (SSSR count). The van der Waals surface area contributed by atoms with Gasteiger partial charge in [-0.3, -0.25) is 14.9 Å². The van der Waals surface area contributed by atoms with Gasteiger partial charge >= 0.3 is 5.97 Å². The Bertz CT molecular complexity index is 995. The lowest BCUT2D eigenvalue weighted by atomic mass is 10.1. The molecule has 0 saturated heterocycles. The number of esters is 1. The summed E-state index contributed by atoms with van der Waals surface area (Å²) in [5.74, 6) is -0.484. The van der Waals surface area contributed by atoms with Gasteiger partial charge < -0.3 is 14.6 Å². The zero-order valence-electron chi connectivity index (χ0n) is 16.2. The molecule has 0 amide bonds. The SMILES string of the molecule is COC(=O)C(CO)N(Cc1ccccc1[N+](=O)[O-])NS(=O)(=O)c1ccc(OC)cc1. The number of methoxy groups -OCH3 is 2. The van der Waals surface area contributed by atoms with Crippen molar-refractivity contribution in [3.63, 3.8) is 0 Å². The van der Waals surface area contributed by atoms with Gasteiger partial charge in [0.2, 0.25) is 0 Å². The number of benzene rings is 2. The molecule has 0 aromatic heterocycles. The lowest BCUT2D eigenvalue weighted by Crippen LogP contribution is -2.53. The number of aliphatic hydroxyl groups is 1. The average Bonchev–Trinajstić information content (AvgIpc) is 2.74. The molecule has 0 spiro atoms. The van der Waals surface area contributed by atoms with Gasteiger partial charge in [0.1, 0.15) is 11.8 Å². The number of hydrazine groups is 1. The Hall–Kier alpha value is -3.06. The van der Waals surface area contributed by atoms with Crippen LogP contribution in [0, 0.1) is 10.1 Å². The monoisotopic (exact) mass is 439 g/mol. The standard InChI is InChI=1S/C18H21N3O8S/c1-28-14-7-9-15(10-8-14)30(26,27)19-20(17(12-22)18(23)29-2)11-13-5-3-4-6-16(13)21(24)25/h3-10,17,19,22H,11-12H2,1-2H3. The summed E-state index contributed by atoms with van der Waals surface area (Å²) in [5, 5.41) is 21.8. The maximum atomic E-state index is 12.8. The summed E-state index contributed by atoms with van der Waals surface area (Å²) in [6, 6.07) is 9.66. The molecule has 1 atom stereocenters.